The number of nitrogens with zero attached hydrogens (tertiary/aromatic N) is 1. The van der Waals surface area contributed by atoms with Gasteiger partial charge in [0.1, 0.15) is 0 Å². The third-order valence-corrected chi connectivity index (χ3v) is 3.50. The van der Waals surface area contributed by atoms with E-state index in [2.05, 4.69) is 24.0 Å². The van der Waals surface area contributed by atoms with Gasteiger partial charge in [-0.15, -0.1) is 0 Å². The van der Waals surface area contributed by atoms with E-state index in [4.69, 9.17) is 15.2 Å². The average molecular weight is 294 g/mol. The van der Waals surface area contributed by atoms with Gasteiger partial charge in [-0.1, -0.05) is 30.3 Å². The summed E-state index contributed by atoms with van der Waals surface area (Å²) in [7, 11) is 0. The lowest BCUT2D eigenvalue weighted by Gasteiger charge is -2.33. The molecule has 0 aliphatic rings. The molecule has 0 amide bonds. The highest BCUT2D eigenvalue weighted by Crippen LogP contribution is 2.18. The number of hydrogen-bond donors (Lipinski definition) is 1. The van der Waals surface area contributed by atoms with Gasteiger partial charge in [-0.25, -0.2) is 0 Å². The molecule has 4 heteroatoms. The largest absolute Gasteiger partial charge is 0.380 e. The highest BCUT2D eigenvalue weighted by Gasteiger charge is 2.24. The van der Waals surface area contributed by atoms with Crippen molar-refractivity contribution >= 4 is 0 Å². The molecule has 1 aromatic rings. The van der Waals surface area contributed by atoms with Crippen LogP contribution in [-0.2, 0) is 15.0 Å². The van der Waals surface area contributed by atoms with E-state index in [1.807, 2.05) is 32.0 Å². The standard InChI is InChI=1S/C17H30N2O2/c1-4-20-13-11-19(12-14-21-5-2)15-17(3,18)16-9-7-6-8-10-16/h6-10H,4-5,11-15,18H2,1-3H3. The molecule has 4 nitrogen and oxygen atoms in total. The van der Waals surface area contributed by atoms with E-state index < -0.39 is 0 Å². The molecular formula is C17H30N2O2. The van der Waals surface area contributed by atoms with Gasteiger partial charge in [0.25, 0.3) is 0 Å². The second-order valence-corrected chi connectivity index (χ2v) is 5.45. The van der Waals surface area contributed by atoms with Gasteiger partial charge in [0.05, 0.1) is 18.8 Å². The van der Waals surface area contributed by atoms with Crippen LogP contribution in [0.2, 0.25) is 0 Å². The third-order valence-electron chi connectivity index (χ3n) is 3.50. The van der Waals surface area contributed by atoms with Crippen LogP contribution in [0.15, 0.2) is 30.3 Å². The second-order valence-electron chi connectivity index (χ2n) is 5.45. The van der Waals surface area contributed by atoms with E-state index in [1.54, 1.807) is 0 Å². The van der Waals surface area contributed by atoms with E-state index in [9.17, 15) is 0 Å². The zero-order valence-corrected chi connectivity index (χ0v) is 13.7. The Morgan fingerprint density at radius 3 is 2.00 bits per heavy atom. The van der Waals surface area contributed by atoms with Crippen LogP contribution in [0, 0.1) is 0 Å². The van der Waals surface area contributed by atoms with Crippen LogP contribution in [-0.4, -0.2) is 51.0 Å². The van der Waals surface area contributed by atoms with E-state index >= 15 is 0 Å². The van der Waals surface area contributed by atoms with Crippen molar-refractivity contribution in [3.63, 3.8) is 0 Å². The Morgan fingerprint density at radius 1 is 1.00 bits per heavy atom. The molecule has 0 aliphatic carbocycles. The van der Waals surface area contributed by atoms with Crippen LogP contribution in [0.3, 0.4) is 0 Å². The first-order chi connectivity index (χ1) is 10.1. The third kappa shape index (κ3) is 7.05. The molecule has 1 aromatic carbocycles. The van der Waals surface area contributed by atoms with Gasteiger partial charge in [-0.05, 0) is 26.3 Å². The summed E-state index contributed by atoms with van der Waals surface area (Å²) in [6.45, 7) is 11.6. The van der Waals surface area contributed by atoms with Crippen molar-refractivity contribution in [3.05, 3.63) is 35.9 Å². The number of ether oxygens (including phenoxy) is 2. The Hall–Kier alpha value is -0.940. The molecule has 0 spiro atoms. The van der Waals surface area contributed by atoms with Crippen LogP contribution in [0.25, 0.3) is 0 Å². The smallest absolute Gasteiger partial charge is 0.0593 e. The first kappa shape index (κ1) is 18.1. The maximum Gasteiger partial charge on any atom is 0.0593 e. The minimum absolute atomic E-state index is 0.375. The molecule has 2 N–H and O–H groups in total. The van der Waals surface area contributed by atoms with Crippen molar-refractivity contribution < 1.29 is 9.47 Å². The fourth-order valence-electron chi connectivity index (χ4n) is 2.32. The minimum atomic E-state index is -0.375. The molecule has 0 heterocycles. The minimum Gasteiger partial charge on any atom is -0.380 e. The number of rotatable bonds is 11. The van der Waals surface area contributed by atoms with E-state index in [-0.39, 0.29) is 5.54 Å². The summed E-state index contributed by atoms with van der Waals surface area (Å²) in [5.74, 6) is 0. The number of benzene rings is 1. The fourth-order valence-corrected chi connectivity index (χ4v) is 2.32. The van der Waals surface area contributed by atoms with Gasteiger partial charge in [0.2, 0.25) is 0 Å². The summed E-state index contributed by atoms with van der Waals surface area (Å²) < 4.78 is 10.9. The molecular weight excluding hydrogens is 264 g/mol. The van der Waals surface area contributed by atoms with E-state index in [0.29, 0.717) is 0 Å². The SMILES string of the molecule is CCOCCN(CCOCC)CC(C)(N)c1ccccc1. The first-order valence-electron chi connectivity index (χ1n) is 7.82. The molecule has 0 fully saturated rings. The Bertz CT molecular complexity index is 358. The molecule has 1 unspecified atom stereocenters. The molecule has 120 valence electrons. The molecule has 0 aliphatic heterocycles. The van der Waals surface area contributed by atoms with Crippen molar-refractivity contribution in [2.45, 2.75) is 26.3 Å². The Balaban J connectivity index is 2.60. The zero-order chi connectivity index (χ0) is 15.6. The predicted molar refractivity (Wildman–Crippen MR) is 87.4 cm³/mol. The average Bonchev–Trinajstić information content (AvgIpc) is 2.48. The molecule has 0 aromatic heterocycles. The summed E-state index contributed by atoms with van der Waals surface area (Å²) >= 11 is 0. The second kappa shape index (κ2) is 9.90. The lowest BCUT2D eigenvalue weighted by molar-refractivity contribution is 0.0734. The van der Waals surface area contributed by atoms with Gasteiger partial charge in [-0.2, -0.15) is 0 Å². The quantitative estimate of drug-likeness (QED) is 0.636. The van der Waals surface area contributed by atoms with Crippen molar-refractivity contribution in [3.8, 4) is 0 Å². The summed E-state index contributed by atoms with van der Waals surface area (Å²) in [6, 6.07) is 10.3. The van der Waals surface area contributed by atoms with Gasteiger partial charge in [0, 0.05) is 32.8 Å². The van der Waals surface area contributed by atoms with Crippen molar-refractivity contribution in [2.24, 2.45) is 5.73 Å². The molecule has 1 rings (SSSR count). The van der Waals surface area contributed by atoms with Gasteiger partial charge in [0.15, 0.2) is 0 Å². The van der Waals surface area contributed by atoms with Crippen molar-refractivity contribution in [1.82, 2.24) is 4.90 Å². The molecule has 0 saturated heterocycles. The molecule has 0 saturated carbocycles. The Morgan fingerprint density at radius 2 is 1.52 bits per heavy atom. The highest BCUT2D eigenvalue weighted by molar-refractivity contribution is 5.23. The Labute approximate surface area is 129 Å². The van der Waals surface area contributed by atoms with Crippen molar-refractivity contribution in [1.29, 1.82) is 0 Å². The Kier molecular flexibility index (Phi) is 8.54. The van der Waals surface area contributed by atoms with Crippen LogP contribution >= 0.6 is 0 Å². The topological polar surface area (TPSA) is 47.7 Å². The maximum atomic E-state index is 6.52. The van der Waals surface area contributed by atoms with Crippen molar-refractivity contribution in [2.75, 3.05) is 46.1 Å². The van der Waals surface area contributed by atoms with Crippen LogP contribution in [0.1, 0.15) is 26.3 Å². The summed E-state index contributed by atoms with van der Waals surface area (Å²) in [6.07, 6.45) is 0. The number of hydrogen-bond acceptors (Lipinski definition) is 4. The highest BCUT2D eigenvalue weighted by atomic mass is 16.5. The van der Waals surface area contributed by atoms with E-state index in [1.165, 1.54) is 0 Å². The zero-order valence-electron chi connectivity index (χ0n) is 13.7. The molecule has 1 atom stereocenters. The predicted octanol–water partition coefficient (Wildman–Crippen LogP) is 2.24. The molecule has 0 radical (unpaired) electrons. The molecule has 0 bridgehead atoms. The lowest BCUT2D eigenvalue weighted by atomic mass is 9.92. The summed E-state index contributed by atoms with van der Waals surface area (Å²) in [4.78, 5) is 2.32. The van der Waals surface area contributed by atoms with Gasteiger partial charge in [-0.3, -0.25) is 4.90 Å². The van der Waals surface area contributed by atoms with Crippen LogP contribution in [0.5, 0.6) is 0 Å². The monoisotopic (exact) mass is 294 g/mol. The van der Waals surface area contributed by atoms with E-state index in [0.717, 1.165) is 51.6 Å². The molecule has 21 heavy (non-hydrogen) atoms. The summed E-state index contributed by atoms with van der Waals surface area (Å²) in [5, 5.41) is 0. The summed E-state index contributed by atoms with van der Waals surface area (Å²) in [5.41, 5.74) is 7.30. The van der Waals surface area contributed by atoms with Crippen LogP contribution < -0.4 is 5.73 Å². The van der Waals surface area contributed by atoms with Crippen LogP contribution in [0.4, 0.5) is 0 Å². The fraction of sp³-hybridized carbons (Fsp3) is 0.647. The normalized spacial score (nSPS) is 14.3. The maximum absolute atomic E-state index is 6.52. The lowest BCUT2D eigenvalue weighted by Crippen LogP contribution is -2.47. The van der Waals surface area contributed by atoms with Gasteiger partial charge < -0.3 is 15.2 Å². The van der Waals surface area contributed by atoms with Gasteiger partial charge >= 0.3 is 0 Å². The first-order valence-corrected chi connectivity index (χ1v) is 7.82. The number of nitrogens with two attached hydrogens (primary N) is 1.